The number of rotatable bonds is 19. The van der Waals surface area contributed by atoms with Crippen molar-refractivity contribution in [2.24, 2.45) is 17.2 Å². The van der Waals surface area contributed by atoms with E-state index in [0.29, 0.717) is 62.8 Å². The van der Waals surface area contributed by atoms with Gasteiger partial charge in [-0.3, -0.25) is 9.78 Å². The second-order valence-electron chi connectivity index (χ2n) is 14.5. The summed E-state index contributed by atoms with van der Waals surface area (Å²) in [6.07, 6.45) is 6.03. The molecule has 56 heavy (non-hydrogen) atoms. The summed E-state index contributed by atoms with van der Waals surface area (Å²) in [5.41, 5.74) is 29.1. The maximum Gasteiger partial charge on any atom is 0.128 e. The van der Waals surface area contributed by atoms with Crippen molar-refractivity contribution >= 4 is 0 Å². The second-order valence-corrected chi connectivity index (χ2v) is 14.5. The first-order chi connectivity index (χ1) is 27.1. The fraction of sp³-hybridized carbons (Fsp3) is 0.357. The molecule has 0 bridgehead atoms. The lowest BCUT2D eigenvalue weighted by Crippen LogP contribution is -2.25. The quantitative estimate of drug-likeness (QED) is 0.0928. The zero-order chi connectivity index (χ0) is 39.8. The summed E-state index contributed by atoms with van der Waals surface area (Å²) in [6, 6.07) is 19.3. The highest BCUT2D eigenvalue weighted by molar-refractivity contribution is 5.71. The molecule has 0 aliphatic heterocycles. The van der Waals surface area contributed by atoms with Crippen molar-refractivity contribution in [1.82, 2.24) is 44.5 Å². The number of likely N-dealkylation sites (N-methyl/N-ethyl adjacent to an activating group) is 3. The summed E-state index contributed by atoms with van der Waals surface area (Å²) in [7, 11) is 7.73. The first-order valence-corrected chi connectivity index (χ1v) is 19.0. The van der Waals surface area contributed by atoms with E-state index >= 15 is 0 Å². The molecule has 0 saturated heterocycles. The van der Waals surface area contributed by atoms with Crippen LogP contribution in [-0.4, -0.2) is 112 Å². The average Bonchev–Trinajstić information content (AvgIpc) is 3.91. The largest absolute Gasteiger partial charge is 0.496 e. The number of H-pyrrole nitrogens is 1. The minimum absolute atomic E-state index is 0.355. The SMILES string of the molecule is COc1ccc(F)cc1-c1nn(-c2ccc(-c3nn(Cc4ccc(-c5[nH]ncc5CN(C)CCN)cc4)cc3CN(C)CCN)c(C)c2)cc1CN(C)CCN. The van der Waals surface area contributed by atoms with Crippen LogP contribution in [0.15, 0.2) is 79.3 Å². The third-order valence-electron chi connectivity index (χ3n) is 9.93. The van der Waals surface area contributed by atoms with E-state index in [0.717, 1.165) is 75.7 Å². The van der Waals surface area contributed by atoms with Gasteiger partial charge >= 0.3 is 0 Å². The first kappa shape index (κ1) is 40.4. The van der Waals surface area contributed by atoms with Crippen LogP contribution in [0.2, 0.25) is 0 Å². The zero-order valence-corrected chi connectivity index (χ0v) is 33.2. The number of benzene rings is 3. The van der Waals surface area contributed by atoms with Crippen molar-refractivity contribution in [3.05, 3.63) is 113 Å². The molecule has 296 valence electrons. The summed E-state index contributed by atoms with van der Waals surface area (Å²) < 4.78 is 24.0. The van der Waals surface area contributed by atoms with E-state index in [1.165, 1.54) is 12.1 Å². The van der Waals surface area contributed by atoms with E-state index < -0.39 is 0 Å². The summed E-state index contributed by atoms with van der Waals surface area (Å²) in [4.78, 5) is 6.53. The van der Waals surface area contributed by atoms with Crippen LogP contribution < -0.4 is 21.9 Å². The monoisotopic (exact) mass is 762 g/mol. The van der Waals surface area contributed by atoms with Crippen molar-refractivity contribution in [3.63, 3.8) is 0 Å². The Balaban J connectivity index is 1.29. The second kappa shape index (κ2) is 18.6. The van der Waals surface area contributed by atoms with E-state index in [4.69, 9.17) is 32.1 Å². The smallest absolute Gasteiger partial charge is 0.128 e. The fourth-order valence-corrected chi connectivity index (χ4v) is 7.11. The van der Waals surface area contributed by atoms with Crippen LogP contribution >= 0.6 is 0 Å². The zero-order valence-electron chi connectivity index (χ0n) is 33.2. The first-order valence-electron chi connectivity index (χ1n) is 19.0. The van der Waals surface area contributed by atoms with Gasteiger partial charge in [-0.25, -0.2) is 9.07 Å². The molecule has 0 atom stereocenters. The Morgan fingerprint density at radius 3 is 1.98 bits per heavy atom. The third kappa shape index (κ3) is 9.59. The van der Waals surface area contributed by atoms with Gasteiger partial charge in [0.1, 0.15) is 17.3 Å². The predicted octanol–water partition coefficient (Wildman–Crippen LogP) is 4.47. The molecule has 13 nitrogen and oxygen atoms in total. The van der Waals surface area contributed by atoms with Crippen LogP contribution in [0.3, 0.4) is 0 Å². The van der Waals surface area contributed by atoms with Crippen LogP contribution in [-0.2, 0) is 26.2 Å². The minimum atomic E-state index is -0.355. The van der Waals surface area contributed by atoms with Crippen LogP contribution in [0.25, 0.3) is 39.5 Å². The normalized spacial score (nSPS) is 11.8. The summed E-state index contributed by atoms with van der Waals surface area (Å²) in [6.45, 7) is 8.75. The van der Waals surface area contributed by atoms with Crippen molar-refractivity contribution < 1.29 is 9.13 Å². The molecule has 0 spiro atoms. The topological polar surface area (TPSA) is 161 Å². The molecule has 0 fully saturated rings. The maximum atomic E-state index is 14.5. The number of nitrogens with one attached hydrogen (secondary N) is 1. The van der Waals surface area contributed by atoms with Gasteiger partial charge in [-0.15, -0.1) is 0 Å². The van der Waals surface area contributed by atoms with Gasteiger partial charge in [0.05, 0.1) is 36.9 Å². The van der Waals surface area contributed by atoms with Crippen molar-refractivity contribution in [3.8, 4) is 45.2 Å². The number of halogens is 1. The van der Waals surface area contributed by atoms with Gasteiger partial charge in [-0.1, -0.05) is 30.3 Å². The van der Waals surface area contributed by atoms with Crippen molar-refractivity contribution in [2.75, 3.05) is 67.5 Å². The van der Waals surface area contributed by atoms with E-state index in [1.54, 1.807) is 13.2 Å². The molecule has 0 radical (unpaired) electrons. The molecule has 0 saturated carbocycles. The van der Waals surface area contributed by atoms with Gasteiger partial charge in [0.15, 0.2) is 0 Å². The number of aromatic amines is 1. The Bertz CT molecular complexity index is 2190. The molecule has 6 aromatic rings. The van der Waals surface area contributed by atoms with Gasteiger partial charge in [0.2, 0.25) is 0 Å². The number of ether oxygens (including phenoxy) is 1. The molecule has 3 aromatic carbocycles. The van der Waals surface area contributed by atoms with Gasteiger partial charge in [0.25, 0.3) is 0 Å². The van der Waals surface area contributed by atoms with E-state index in [-0.39, 0.29) is 5.82 Å². The lowest BCUT2D eigenvalue weighted by molar-refractivity contribution is 0.336. The molecule has 14 heteroatoms. The Hall–Kier alpha value is -5.22. The maximum absolute atomic E-state index is 14.5. The Morgan fingerprint density at radius 1 is 0.732 bits per heavy atom. The molecule has 0 aliphatic rings. The van der Waals surface area contributed by atoms with Gasteiger partial charge < -0.3 is 36.6 Å². The van der Waals surface area contributed by atoms with Gasteiger partial charge in [-0.2, -0.15) is 15.3 Å². The molecular formula is C42H55FN12O. The summed E-state index contributed by atoms with van der Waals surface area (Å²) in [5, 5.41) is 17.7. The van der Waals surface area contributed by atoms with E-state index in [9.17, 15) is 4.39 Å². The Kier molecular flexibility index (Phi) is 13.4. The predicted molar refractivity (Wildman–Crippen MR) is 221 cm³/mol. The molecule has 0 amide bonds. The molecule has 7 N–H and O–H groups in total. The van der Waals surface area contributed by atoms with Crippen LogP contribution in [0.1, 0.15) is 27.8 Å². The molecule has 0 unspecified atom stereocenters. The number of aromatic nitrogens is 6. The van der Waals surface area contributed by atoms with Crippen LogP contribution in [0.5, 0.6) is 5.75 Å². The molecular weight excluding hydrogens is 708 g/mol. The highest BCUT2D eigenvalue weighted by Gasteiger charge is 2.20. The summed E-state index contributed by atoms with van der Waals surface area (Å²) >= 11 is 0. The molecule has 3 heterocycles. The Morgan fingerprint density at radius 2 is 1.36 bits per heavy atom. The summed E-state index contributed by atoms with van der Waals surface area (Å²) in [5.74, 6) is 0.199. The lowest BCUT2D eigenvalue weighted by atomic mass is 10.0. The van der Waals surface area contributed by atoms with Gasteiger partial charge in [-0.05, 0) is 75.1 Å². The highest BCUT2D eigenvalue weighted by atomic mass is 19.1. The molecule has 3 aromatic heterocycles. The average molecular weight is 763 g/mol. The molecule has 6 rings (SSSR count). The van der Waals surface area contributed by atoms with Crippen molar-refractivity contribution in [2.45, 2.75) is 33.1 Å². The third-order valence-corrected chi connectivity index (χ3v) is 9.93. The van der Waals surface area contributed by atoms with E-state index in [2.05, 4.69) is 94.6 Å². The highest BCUT2D eigenvalue weighted by Crippen LogP contribution is 2.34. The fourth-order valence-electron chi connectivity index (χ4n) is 7.11. The number of hydrogen-bond donors (Lipinski definition) is 4. The number of nitrogens with zero attached hydrogens (tertiary/aromatic N) is 8. The number of methoxy groups -OCH3 is 1. The minimum Gasteiger partial charge on any atom is -0.496 e. The number of hydrogen-bond acceptors (Lipinski definition) is 10. The molecule has 0 aliphatic carbocycles. The van der Waals surface area contributed by atoms with Crippen LogP contribution in [0.4, 0.5) is 4.39 Å². The standard InChI is InChI=1S/C42H55FN12O/c1-29-20-36(55-28-34(26-53(4)19-16-46)42(50-55)38-21-35(43)10-13-39(38)56-5)11-12-37(29)41-33(25-52(3)18-15-45)27-54(49-41)23-30-6-8-31(9-7-30)40-32(22-47-48-40)24-51(2)17-14-44/h6-13,20-22,27-28H,14-19,23-26,44-46H2,1-5H3,(H,47,48). The van der Waals surface area contributed by atoms with E-state index in [1.807, 2.05) is 28.8 Å². The number of nitrogens with two attached hydrogens (primary N) is 3. The number of aryl methyl sites for hydroxylation is 1. The lowest BCUT2D eigenvalue weighted by Gasteiger charge is -2.16. The van der Waals surface area contributed by atoms with Crippen molar-refractivity contribution in [1.29, 1.82) is 0 Å². The van der Waals surface area contributed by atoms with Gasteiger partial charge in [0, 0.05) is 99.1 Å². The van der Waals surface area contributed by atoms with Crippen LogP contribution in [0, 0.1) is 12.7 Å². The Labute approximate surface area is 328 Å².